The predicted molar refractivity (Wildman–Crippen MR) is 114 cm³/mol. The maximum atomic E-state index is 5.50. The zero-order chi connectivity index (χ0) is 20.5. The normalized spacial score (nSPS) is 11.5. The number of rotatable bonds is 9. The summed E-state index contributed by atoms with van der Waals surface area (Å²) in [7, 11) is 6.67. The number of guanidine groups is 1. The number of hydrogen-bond donors (Lipinski definition) is 2. The van der Waals surface area contributed by atoms with E-state index >= 15 is 0 Å². The molecule has 1 aromatic heterocycles. The minimum Gasteiger partial charge on any atom is -0.496 e. The first-order chi connectivity index (χ1) is 13.5. The Morgan fingerprint density at radius 3 is 2.29 bits per heavy atom. The third-order valence-corrected chi connectivity index (χ3v) is 5.14. The van der Waals surface area contributed by atoms with Crippen LogP contribution in [0.15, 0.2) is 22.5 Å². The number of ether oxygens (including phenoxy) is 3. The van der Waals surface area contributed by atoms with Crippen molar-refractivity contribution in [3.63, 3.8) is 0 Å². The second-order valence-electron chi connectivity index (χ2n) is 6.43. The lowest BCUT2D eigenvalue weighted by molar-refractivity contribution is 0.368. The van der Waals surface area contributed by atoms with E-state index in [4.69, 9.17) is 14.2 Å². The average molecular weight is 407 g/mol. The number of nitrogens with zero attached hydrogens (tertiary/aromatic N) is 2. The molecule has 0 saturated carbocycles. The standard InChI is InChI=1S/C20H30N4O3S/c1-13(2)16-12-28-19(24-16)11-23-20(21-3)22-8-7-15-17(26-5)9-14(25-4)10-18(15)27-6/h9-10,12-13H,7-8,11H2,1-6H3,(H2,21,22,23). The summed E-state index contributed by atoms with van der Waals surface area (Å²) >= 11 is 1.66. The largest absolute Gasteiger partial charge is 0.496 e. The van der Waals surface area contributed by atoms with Crippen molar-refractivity contribution in [1.29, 1.82) is 0 Å². The minimum absolute atomic E-state index is 0.442. The summed E-state index contributed by atoms with van der Waals surface area (Å²) in [5, 5.41) is 9.78. The molecule has 0 spiro atoms. The van der Waals surface area contributed by atoms with E-state index in [0.29, 0.717) is 31.2 Å². The summed E-state index contributed by atoms with van der Waals surface area (Å²) in [6.45, 7) is 5.61. The molecule has 28 heavy (non-hydrogen) atoms. The predicted octanol–water partition coefficient (Wildman–Crippen LogP) is 3.20. The summed E-state index contributed by atoms with van der Waals surface area (Å²) in [5.41, 5.74) is 2.11. The van der Waals surface area contributed by atoms with E-state index in [1.54, 1.807) is 39.7 Å². The van der Waals surface area contributed by atoms with E-state index < -0.39 is 0 Å². The van der Waals surface area contributed by atoms with Crippen LogP contribution in [-0.2, 0) is 13.0 Å². The molecule has 0 aliphatic rings. The Hall–Kier alpha value is -2.48. The van der Waals surface area contributed by atoms with Crippen molar-refractivity contribution < 1.29 is 14.2 Å². The highest BCUT2D eigenvalue weighted by atomic mass is 32.1. The zero-order valence-corrected chi connectivity index (χ0v) is 18.3. The first-order valence-corrected chi connectivity index (χ1v) is 10.1. The highest BCUT2D eigenvalue weighted by molar-refractivity contribution is 7.09. The summed E-state index contributed by atoms with van der Waals surface area (Å²) in [6.07, 6.45) is 0.714. The van der Waals surface area contributed by atoms with Crippen LogP contribution in [-0.4, -0.2) is 45.9 Å². The molecule has 0 aliphatic carbocycles. The molecule has 0 amide bonds. The van der Waals surface area contributed by atoms with Crippen molar-refractivity contribution >= 4 is 17.3 Å². The Bertz CT molecular complexity index is 765. The van der Waals surface area contributed by atoms with Gasteiger partial charge in [0.05, 0.1) is 33.6 Å². The second-order valence-corrected chi connectivity index (χ2v) is 7.38. The smallest absolute Gasteiger partial charge is 0.191 e. The van der Waals surface area contributed by atoms with E-state index in [1.165, 1.54) is 0 Å². The van der Waals surface area contributed by atoms with Gasteiger partial charge in [0.1, 0.15) is 22.3 Å². The van der Waals surface area contributed by atoms with Gasteiger partial charge in [-0.15, -0.1) is 11.3 Å². The molecular formula is C20H30N4O3S. The van der Waals surface area contributed by atoms with Crippen molar-refractivity contribution in [1.82, 2.24) is 15.6 Å². The van der Waals surface area contributed by atoms with Crippen molar-refractivity contribution in [2.45, 2.75) is 32.7 Å². The molecule has 0 atom stereocenters. The van der Waals surface area contributed by atoms with Gasteiger partial charge in [0.15, 0.2) is 5.96 Å². The first kappa shape index (κ1) is 21.8. The van der Waals surface area contributed by atoms with E-state index in [-0.39, 0.29) is 0 Å². The number of benzene rings is 1. The van der Waals surface area contributed by atoms with Gasteiger partial charge < -0.3 is 24.8 Å². The van der Waals surface area contributed by atoms with Crippen molar-refractivity contribution in [2.75, 3.05) is 34.9 Å². The molecule has 1 heterocycles. The number of aliphatic imine (C=N–C) groups is 1. The van der Waals surface area contributed by atoms with Crippen LogP contribution >= 0.6 is 11.3 Å². The molecule has 0 unspecified atom stereocenters. The van der Waals surface area contributed by atoms with Crippen molar-refractivity contribution in [2.24, 2.45) is 4.99 Å². The van der Waals surface area contributed by atoms with Crippen LogP contribution in [0.2, 0.25) is 0 Å². The van der Waals surface area contributed by atoms with Crippen LogP contribution in [0.3, 0.4) is 0 Å². The molecule has 154 valence electrons. The van der Waals surface area contributed by atoms with Gasteiger partial charge in [0, 0.05) is 36.7 Å². The summed E-state index contributed by atoms with van der Waals surface area (Å²) in [5.74, 6) is 3.35. The van der Waals surface area contributed by atoms with Gasteiger partial charge in [-0.2, -0.15) is 0 Å². The number of aromatic nitrogens is 1. The van der Waals surface area contributed by atoms with Crippen molar-refractivity contribution in [3.05, 3.63) is 33.8 Å². The van der Waals surface area contributed by atoms with Gasteiger partial charge in [-0.05, 0) is 12.3 Å². The monoisotopic (exact) mass is 406 g/mol. The Labute approximate surface area is 171 Å². The molecule has 8 heteroatoms. The second kappa shape index (κ2) is 10.8. The summed E-state index contributed by atoms with van der Waals surface area (Å²) in [4.78, 5) is 8.91. The fourth-order valence-corrected chi connectivity index (χ4v) is 3.58. The topological polar surface area (TPSA) is 77.0 Å². The van der Waals surface area contributed by atoms with Gasteiger partial charge in [-0.3, -0.25) is 4.99 Å². The van der Waals surface area contributed by atoms with Gasteiger partial charge in [0.25, 0.3) is 0 Å². The highest BCUT2D eigenvalue weighted by Crippen LogP contribution is 2.34. The Balaban J connectivity index is 1.93. The van der Waals surface area contributed by atoms with E-state index in [1.807, 2.05) is 12.1 Å². The SMILES string of the molecule is CN=C(NCCc1c(OC)cc(OC)cc1OC)NCc1nc(C(C)C)cs1. The van der Waals surface area contributed by atoms with E-state index in [9.17, 15) is 0 Å². The van der Waals surface area contributed by atoms with Crippen LogP contribution in [0.1, 0.15) is 36.0 Å². The fraction of sp³-hybridized carbons (Fsp3) is 0.500. The van der Waals surface area contributed by atoms with Crippen LogP contribution in [0, 0.1) is 0 Å². The van der Waals surface area contributed by atoms with Crippen LogP contribution in [0.5, 0.6) is 17.2 Å². The Morgan fingerprint density at radius 2 is 1.79 bits per heavy atom. The van der Waals surface area contributed by atoms with Crippen LogP contribution < -0.4 is 24.8 Å². The molecule has 0 bridgehead atoms. The lowest BCUT2D eigenvalue weighted by Gasteiger charge is -2.16. The Kier molecular flexibility index (Phi) is 8.38. The lowest BCUT2D eigenvalue weighted by atomic mass is 10.1. The van der Waals surface area contributed by atoms with Gasteiger partial charge in [0.2, 0.25) is 0 Å². The third kappa shape index (κ3) is 5.76. The summed E-state index contributed by atoms with van der Waals surface area (Å²) < 4.78 is 16.3. The Morgan fingerprint density at radius 1 is 1.11 bits per heavy atom. The molecule has 0 fully saturated rings. The molecule has 2 N–H and O–H groups in total. The minimum atomic E-state index is 0.442. The number of thiazole rings is 1. The number of methoxy groups -OCH3 is 3. The number of hydrogen-bond acceptors (Lipinski definition) is 6. The van der Waals surface area contributed by atoms with Gasteiger partial charge in [-0.25, -0.2) is 4.98 Å². The van der Waals surface area contributed by atoms with Gasteiger partial charge >= 0.3 is 0 Å². The van der Waals surface area contributed by atoms with Crippen LogP contribution in [0.4, 0.5) is 0 Å². The molecule has 1 aromatic carbocycles. The van der Waals surface area contributed by atoms with Crippen LogP contribution in [0.25, 0.3) is 0 Å². The van der Waals surface area contributed by atoms with E-state index in [0.717, 1.165) is 33.7 Å². The van der Waals surface area contributed by atoms with Gasteiger partial charge in [-0.1, -0.05) is 13.8 Å². The highest BCUT2D eigenvalue weighted by Gasteiger charge is 2.13. The fourth-order valence-electron chi connectivity index (χ4n) is 2.68. The maximum absolute atomic E-state index is 5.50. The molecular weight excluding hydrogens is 376 g/mol. The molecule has 0 aliphatic heterocycles. The van der Waals surface area contributed by atoms with Crippen molar-refractivity contribution in [3.8, 4) is 17.2 Å². The molecule has 2 rings (SSSR count). The zero-order valence-electron chi connectivity index (χ0n) is 17.5. The first-order valence-electron chi connectivity index (χ1n) is 9.20. The van der Waals surface area contributed by atoms with E-state index in [2.05, 4.69) is 39.8 Å². The lowest BCUT2D eigenvalue weighted by Crippen LogP contribution is -2.37. The quantitative estimate of drug-likeness (QED) is 0.492. The molecule has 7 nitrogen and oxygen atoms in total. The number of nitrogens with one attached hydrogen (secondary N) is 2. The molecule has 2 aromatic rings. The summed E-state index contributed by atoms with van der Waals surface area (Å²) in [6, 6.07) is 3.72. The maximum Gasteiger partial charge on any atom is 0.191 e. The third-order valence-electron chi connectivity index (χ3n) is 4.28. The average Bonchev–Trinajstić information content (AvgIpc) is 3.19. The molecule has 0 radical (unpaired) electrons. The molecule has 0 saturated heterocycles.